The summed E-state index contributed by atoms with van der Waals surface area (Å²) in [7, 11) is 0. The summed E-state index contributed by atoms with van der Waals surface area (Å²) in [6.07, 6.45) is 3.41. The molecule has 5 nitrogen and oxygen atoms in total. The lowest BCUT2D eigenvalue weighted by molar-refractivity contribution is 1.07. The molecule has 82 valence electrons. The van der Waals surface area contributed by atoms with Gasteiger partial charge in [-0.1, -0.05) is 6.07 Å². The van der Waals surface area contributed by atoms with Gasteiger partial charge in [0, 0.05) is 10.6 Å². The van der Waals surface area contributed by atoms with Crippen LogP contribution in [0.25, 0.3) is 0 Å². The molecule has 0 unspecified atom stereocenters. The van der Waals surface area contributed by atoms with Crippen molar-refractivity contribution >= 4 is 29.3 Å². The minimum absolute atomic E-state index is 0.207. The number of nitrogen functional groups attached to an aromatic ring is 1. The van der Waals surface area contributed by atoms with Gasteiger partial charge in [-0.15, -0.1) is 11.8 Å². The second kappa shape index (κ2) is 4.80. The maximum atomic E-state index is 5.46. The fourth-order valence-corrected chi connectivity index (χ4v) is 1.66. The van der Waals surface area contributed by atoms with Crippen LogP contribution in [-0.4, -0.2) is 21.2 Å². The van der Waals surface area contributed by atoms with Crippen molar-refractivity contribution in [2.45, 2.75) is 4.90 Å². The van der Waals surface area contributed by atoms with Gasteiger partial charge in [-0.3, -0.25) is 0 Å². The molecule has 0 aliphatic rings. The molecule has 2 rings (SSSR count). The van der Waals surface area contributed by atoms with E-state index in [9.17, 15) is 0 Å². The summed E-state index contributed by atoms with van der Waals surface area (Å²) >= 11 is 1.68. The van der Waals surface area contributed by atoms with E-state index < -0.39 is 0 Å². The largest absolute Gasteiger partial charge is 0.368 e. The molecule has 0 saturated carbocycles. The van der Waals surface area contributed by atoms with Gasteiger partial charge in [0.05, 0.1) is 0 Å². The van der Waals surface area contributed by atoms with Crippen molar-refractivity contribution in [3.8, 4) is 0 Å². The number of rotatable bonds is 3. The Kier molecular flexibility index (Phi) is 3.21. The molecule has 0 fully saturated rings. The van der Waals surface area contributed by atoms with E-state index in [2.05, 4.69) is 20.3 Å². The number of benzene rings is 1. The molecule has 0 saturated heterocycles. The van der Waals surface area contributed by atoms with Crippen molar-refractivity contribution in [2.24, 2.45) is 0 Å². The molecule has 2 aromatic rings. The van der Waals surface area contributed by atoms with E-state index >= 15 is 0 Å². The number of nitrogens with zero attached hydrogens (tertiary/aromatic N) is 3. The number of nitrogens with one attached hydrogen (secondary N) is 1. The Morgan fingerprint density at radius 1 is 1.31 bits per heavy atom. The van der Waals surface area contributed by atoms with Crippen molar-refractivity contribution < 1.29 is 0 Å². The number of nitrogens with two attached hydrogens (primary N) is 1. The highest BCUT2D eigenvalue weighted by atomic mass is 32.2. The molecular weight excluding hydrogens is 222 g/mol. The molecule has 1 aromatic carbocycles. The van der Waals surface area contributed by atoms with Gasteiger partial charge in [-0.05, 0) is 24.5 Å². The van der Waals surface area contributed by atoms with Crippen LogP contribution >= 0.6 is 11.8 Å². The number of thioether (sulfide) groups is 1. The molecule has 1 heterocycles. The lowest BCUT2D eigenvalue weighted by atomic mass is 10.3. The van der Waals surface area contributed by atoms with Gasteiger partial charge in [0.2, 0.25) is 11.9 Å². The van der Waals surface area contributed by atoms with E-state index in [0.717, 1.165) is 5.69 Å². The zero-order chi connectivity index (χ0) is 11.4. The highest BCUT2D eigenvalue weighted by Gasteiger charge is 1.99. The van der Waals surface area contributed by atoms with Gasteiger partial charge < -0.3 is 11.1 Å². The molecule has 0 aliphatic carbocycles. The van der Waals surface area contributed by atoms with E-state index in [0.29, 0.717) is 5.95 Å². The summed E-state index contributed by atoms with van der Waals surface area (Å²) in [4.78, 5) is 12.8. The van der Waals surface area contributed by atoms with Crippen molar-refractivity contribution in [1.82, 2.24) is 15.0 Å². The molecule has 0 aliphatic heterocycles. The van der Waals surface area contributed by atoms with Crippen LogP contribution < -0.4 is 11.1 Å². The molecular formula is C10H11N5S. The van der Waals surface area contributed by atoms with Crippen LogP contribution in [0.1, 0.15) is 0 Å². The zero-order valence-corrected chi connectivity index (χ0v) is 9.53. The van der Waals surface area contributed by atoms with Gasteiger partial charge in [-0.2, -0.15) is 4.98 Å². The summed E-state index contributed by atoms with van der Waals surface area (Å²) in [5.41, 5.74) is 6.39. The Bertz CT molecular complexity index is 488. The molecule has 6 heteroatoms. The van der Waals surface area contributed by atoms with E-state index in [4.69, 9.17) is 5.73 Å². The zero-order valence-electron chi connectivity index (χ0n) is 8.71. The second-order valence-corrected chi connectivity index (χ2v) is 3.90. The predicted octanol–water partition coefficient (Wildman–Crippen LogP) is 1.92. The number of aromatic nitrogens is 3. The third kappa shape index (κ3) is 2.60. The first-order valence-corrected chi connectivity index (χ1v) is 5.86. The Balaban J connectivity index is 2.20. The van der Waals surface area contributed by atoms with E-state index in [1.54, 1.807) is 11.8 Å². The molecule has 0 spiro atoms. The summed E-state index contributed by atoms with van der Waals surface area (Å²) < 4.78 is 0. The predicted molar refractivity (Wildman–Crippen MR) is 65.7 cm³/mol. The van der Waals surface area contributed by atoms with Crippen LogP contribution in [0.15, 0.2) is 35.5 Å². The van der Waals surface area contributed by atoms with E-state index in [1.807, 2.05) is 30.5 Å². The SMILES string of the molecule is CSc1cccc(Nc2ncnc(N)n2)c1. The molecule has 1 aromatic heterocycles. The molecule has 0 amide bonds. The van der Waals surface area contributed by atoms with Crippen LogP contribution in [-0.2, 0) is 0 Å². The minimum atomic E-state index is 0.207. The van der Waals surface area contributed by atoms with Gasteiger partial charge in [-0.25, -0.2) is 9.97 Å². The van der Waals surface area contributed by atoms with Crippen LogP contribution in [0, 0.1) is 0 Å². The molecule has 0 atom stereocenters. The van der Waals surface area contributed by atoms with Crippen LogP contribution in [0.2, 0.25) is 0 Å². The van der Waals surface area contributed by atoms with Gasteiger partial charge in [0.25, 0.3) is 0 Å². The monoisotopic (exact) mass is 233 g/mol. The first-order valence-electron chi connectivity index (χ1n) is 4.63. The maximum Gasteiger partial charge on any atom is 0.231 e. The van der Waals surface area contributed by atoms with Crippen molar-refractivity contribution in [3.05, 3.63) is 30.6 Å². The summed E-state index contributed by atoms with van der Waals surface area (Å²) in [5, 5.41) is 3.06. The summed E-state index contributed by atoms with van der Waals surface area (Å²) in [6.45, 7) is 0. The third-order valence-corrected chi connectivity index (χ3v) is 2.64. The van der Waals surface area contributed by atoms with Gasteiger partial charge in [0.1, 0.15) is 6.33 Å². The highest BCUT2D eigenvalue weighted by molar-refractivity contribution is 7.98. The average molecular weight is 233 g/mol. The number of hydrogen-bond donors (Lipinski definition) is 2. The third-order valence-electron chi connectivity index (χ3n) is 1.92. The van der Waals surface area contributed by atoms with Crippen molar-refractivity contribution in [2.75, 3.05) is 17.3 Å². The fourth-order valence-electron chi connectivity index (χ4n) is 1.20. The quantitative estimate of drug-likeness (QED) is 0.789. The standard InChI is InChI=1S/C10H11N5S/c1-16-8-4-2-3-7(5-8)14-10-13-6-12-9(11)15-10/h2-6H,1H3,(H3,11,12,13,14,15). The summed E-state index contributed by atoms with van der Waals surface area (Å²) in [6, 6.07) is 7.97. The number of hydrogen-bond acceptors (Lipinski definition) is 6. The number of anilines is 3. The Morgan fingerprint density at radius 3 is 2.94 bits per heavy atom. The van der Waals surface area contributed by atoms with E-state index in [-0.39, 0.29) is 5.95 Å². The topological polar surface area (TPSA) is 76.7 Å². The Labute approximate surface area is 97.5 Å². The smallest absolute Gasteiger partial charge is 0.231 e. The van der Waals surface area contributed by atoms with Gasteiger partial charge in [0.15, 0.2) is 0 Å². The van der Waals surface area contributed by atoms with Crippen molar-refractivity contribution in [1.29, 1.82) is 0 Å². The lowest BCUT2D eigenvalue weighted by Crippen LogP contribution is -2.01. The molecule has 3 N–H and O–H groups in total. The van der Waals surface area contributed by atoms with Crippen LogP contribution in [0.4, 0.5) is 17.6 Å². The Hall–Kier alpha value is -1.82. The summed E-state index contributed by atoms with van der Waals surface area (Å²) in [5.74, 6) is 0.657. The molecule has 16 heavy (non-hydrogen) atoms. The first kappa shape index (κ1) is 10.7. The maximum absolute atomic E-state index is 5.46. The van der Waals surface area contributed by atoms with Crippen LogP contribution in [0.3, 0.4) is 0 Å². The van der Waals surface area contributed by atoms with Crippen molar-refractivity contribution in [3.63, 3.8) is 0 Å². The minimum Gasteiger partial charge on any atom is -0.368 e. The normalized spacial score (nSPS) is 10.1. The lowest BCUT2D eigenvalue weighted by Gasteiger charge is -2.05. The second-order valence-electron chi connectivity index (χ2n) is 3.02. The van der Waals surface area contributed by atoms with E-state index in [1.165, 1.54) is 11.2 Å². The van der Waals surface area contributed by atoms with Crippen LogP contribution in [0.5, 0.6) is 0 Å². The first-order chi connectivity index (χ1) is 7.78. The molecule has 0 radical (unpaired) electrons. The highest BCUT2D eigenvalue weighted by Crippen LogP contribution is 2.20. The fraction of sp³-hybridized carbons (Fsp3) is 0.100. The Morgan fingerprint density at radius 2 is 2.19 bits per heavy atom. The average Bonchev–Trinajstić information content (AvgIpc) is 2.29. The van der Waals surface area contributed by atoms with Gasteiger partial charge >= 0.3 is 0 Å². The molecule has 0 bridgehead atoms.